The van der Waals surface area contributed by atoms with Crippen molar-refractivity contribution in [2.24, 2.45) is 5.92 Å². The third-order valence-corrected chi connectivity index (χ3v) is 7.30. The SMILES string of the molecule is CCCCCCC(C)(C)c1cc(O)c2c(c1)OC(C)(C)C1CCC(O)CCC21. The van der Waals surface area contributed by atoms with E-state index in [9.17, 15) is 10.2 Å². The third kappa shape index (κ3) is 4.35. The zero-order valence-electron chi connectivity index (χ0n) is 18.6. The largest absolute Gasteiger partial charge is 0.508 e. The monoisotopic (exact) mass is 388 g/mol. The van der Waals surface area contributed by atoms with Crippen LogP contribution in [0, 0.1) is 5.92 Å². The normalized spacial score (nSPS) is 26.7. The van der Waals surface area contributed by atoms with E-state index in [-0.39, 0.29) is 23.0 Å². The maximum absolute atomic E-state index is 11.0. The summed E-state index contributed by atoms with van der Waals surface area (Å²) < 4.78 is 6.50. The molecule has 0 bridgehead atoms. The predicted octanol–water partition coefficient (Wildman–Crippen LogP) is 6.45. The van der Waals surface area contributed by atoms with Crippen LogP contribution in [0.25, 0.3) is 0 Å². The lowest BCUT2D eigenvalue weighted by Gasteiger charge is -2.45. The molecule has 2 N–H and O–H groups in total. The summed E-state index contributed by atoms with van der Waals surface area (Å²) in [5.41, 5.74) is 1.88. The van der Waals surface area contributed by atoms with Crippen molar-refractivity contribution in [2.45, 2.75) is 115 Å². The van der Waals surface area contributed by atoms with Crippen molar-refractivity contribution in [2.75, 3.05) is 0 Å². The summed E-state index contributed by atoms with van der Waals surface area (Å²) in [6.07, 6.45) is 9.41. The lowest BCUT2D eigenvalue weighted by atomic mass is 9.70. The first-order chi connectivity index (χ1) is 13.2. The van der Waals surface area contributed by atoms with E-state index >= 15 is 0 Å². The number of benzene rings is 1. The Labute approximate surface area is 171 Å². The summed E-state index contributed by atoms with van der Waals surface area (Å²) in [6.45, 7) is 11.1. The van der Waals surface area contributed by atoms with Crippen molar-refractivity contribution < 1.29 is 14.9 Å². The Morgan fingerprint density at radius 3 is 2.50 bits per heavy atom. The van der Waals surface area contributed by atoms with E-state index in [1.54, 1.807) is 0 Å². The number of unbranched alkanes of at least 4 members (excludes halogenated alkanes) is 3. The molecule has 28 heavy (non-hydrogen) atoms. The molecule has 1 aliphatic carbocycles. The molecule has 3 rings (SSSR count). The molecule has 0 saturated heterocycles. The molecule has 1 saturated carbocycles. The average molecular weight is 389 g/mol. The second-order valence-corrected chi connectivity index (χ2v) is 10.3. The van der Waals surface area contributed by atoms with E-state index in [0.717, 1.165) is 43.4 Å². The number of hydrogen-bond acceptors (Lipinski definition) is 3. The van der Waals surface area contributed by atoms with Gasteiger partial charge >= 0.3 is 0 Å². The Morgan fingerprint density at radius 1 is 1.07 bits per heavy atom. The van der Waals surface area contributed by atoms with Crippen molar-refractivity contribution in [1.82, 2.24) is 0 Å². The van der Waals surface area contributed by atoms with E-state index in [1.165, 1.54) is 31.2 Å². The van der Waals surface area contributed by atoms with Crippen molar-refractivity contribution in [1.29, 1.82) is 0 Å². The molecule has 1 heterocycles. The van der Waals surface area contributed by atoms with Gasteiger partial charge in [0.2, 0.25) is 0 Å². The number of phenols is 1. The molecule has 1 aromatic rings. The number of ether oxygens (including phenoxy) is 1. The molecular weight excluding hydrogens is 348 g/mol. The molecule has 3 unspecified atom stereocenters. The highest BCUT2D eigenvalue weighted by molar-refractivity contribution is 5.53. The summed E-state index contributed by atoms with van der Waals surface area (Å²) in [4.78, 5) is 0. The average Bonchev–Trinajstić information content (AvgIpc) is 2.80. The maximum Gasteiger partial charge on any atom is 0.127 e. The fourth-order valence-corrected chi connectivity index (χ4v) is 5.43. The highest BCUT2D eigenvalue weighted by atomic mass is 16.5. The van der Waals surface area contributed by atoms with E-state index in [2.05, 4.69) is 40.7 Å². The first-order valence-corrected chi connectivity index (χ1v) is 11.4. The lowest BCUT2D eigenvalue weighted by molar-refractivity contribution is 0.00479. The third-order valence-electron chi connectivity index (χ3n) is 7.30. The van der Waals surface area contributed by atoms with E-state index in [0.29, 0.717) is 11.7 Å². The minimum absolute atomic E-state index is 0.0181. The number of aliphatic hydroxyl groups excluding tert-OH is 1. The number of hydrogen-bond donors (Lipinski definition) is 2. The van der Waals surface area contributed by atoms with Gasteiger partial charge < -0.3 is 14.9 Å². The zero-order valence-corrected chi connectivity index (χ0v) is 18.6. The van der Waals surface area contributed by atoms with Crippen LogP contribution < -0.4 is 4.74 Å². The molecule has 1 aliphatic heterocycles. The molecule has 2 aliphatic rings. The number of aliphatic hydroxyl groups is 1. The molecule has 0 aromatic heterocycles. The molecule has 0 radical (unpaired) electrons. The summed E-state index contributed by atoms with van der Waals surface area (Å²) in [7, 11) is 0. The van der Waals surface area contributed by atoms with Gasteiger partial charge in [-0.25, -0.2) is 0 Å². The smallest absolute Gasteiger partial charge is 0.127 e. The Kier molecular flexibility index (Phi) is 6.34. The second kappa shape index (κ2) is 8.26. The molecule has 3 atom stereocenters. The summed E-state index contributed by atoms with van der Waals surface area (Å²) in [5, 5.41) is 21.2. The molecule has 3 nitrogen and oxygen atoms in total. The van der Waals surface area contributed by atoms with Gasteiger partial charge in [-0.1, -0.05) is 46.5 Å². The number of fused-ring (bicyclic) bond motifs is 3. The van der Waals surface area contributed by atoms with Gasteiger partial charge in [-0.05, 0) is 75.0 Å². The molecule has 3 heteroatoms. The van der Waals surface area contributed by atoms with Gasteiger partial charge in [-0.2, -0.15) is 0 Å². The molecule has 158 valence electrons. The lowest BCUT2D eigenvalue weighted by Crippen LogP contribution is -2.44. The van der Waals surface area contributed by atoms with Crippen LogP contribution in [-0.2, 0) is 5.41 Å². The quantitative estimate of drug-likeness (QED) is 0.551. The number of rotatable bonds is 6. The van der Waals surface area contributed by atoms with Crippen LogP contribution in [0.5, 0.6) is 11.5 Å². The summed E-state index contributed by atoms with van der Waals surface area (Å²) >= 11 is 0. The topological polar surface area (TPSA) is 49.7 Å². The highest BCUT2D eigenvalue weighted by Crippen LogP contribution is 2.54. The predicted molar refractivity (Wildman–Crippen MR) is 115 cm³/mol. The van der Waals surface area contributed by atoms with Gasteiger partial charge in [0.15, 0.2) is 0 Å². The van der Waals surface area contributed by atoms with Crippen molar-refractivity contribution in [3.05, 3.63) is 23.3 Å². The van der Waals surface area contributed by atoms with Crippen LogP contribution in [0.4, 0.5) is 0 Å². The second-order valence-electron chi connectivity index (χ2n) is 10.3. The Hall–Kier alpha value is -1.22. The zero-order chi connectivity index (χ0) is 20.5. The molecule has 1 fully saturated rings. The van der Waals surface area contributed by atoms with Gasteiger partial charge in [-0.3, -0.25) is 0 Å². The first-order valence-electron chi connectivity index (χ1n) is 11.4. The van der Waals surface area contributed by atoms with Gasteiger partial charge in [0, 0.05) is 11.5 Å². The molecule has 1 aromatic carbocycles. The van der Waals surface area contributed by atoms with Gasteiger partial charge in [0.05, 0.1) is 6.10 Å². The molecular formula is C25H40O3. The standard InChI is InChI=1S/C25H40O3/c1-6-7-8-9-14-24(2,3)17-15-21(27)23-19-12-10-18(26)11-13-20(19)25(4,5)28-22(23)16-17/h15-16,18-20,26-27H,6-14H2,1-5H3. The Morgan fingerprint density at radius 2 is 1.79 bits per heavy atom. The minimum Gasteiger partial charge on any atom is -0.508 e. The Bertz CT molecular complexity index is 677. The van der Waals surface area contributed by atoms with Crippen molar-refractivity contribution in [3.63, 3.8) is 0 Å². The van der Waals surface area contributed by atoms with Crippen molar-refractivity contribution >= 4 is 0 Å². The Balaban J connectivity index is 1.92. The van der Waals surface area contributed by atoms with Crippen LogP contribution in [0.15, 0.2) is 12.1 Å². The molecule has 0 amide bonds. The van der Waals surface area contributed by atoms with Crippen molar-refractivity contribution in [3.8, 4) is 11.5 Å². The van der Waals surface area contributed by atoms with Gasteiger partial charge in [0.25, 0.3) is 0 Å². The van der Waals surface area contributed by atoms with Crippen LogP contribution in [-0.4, -0.2) is 21.9 Å². The minimum atomic E-state index is -0.280. The fourth-order valence-electron chi connectivity index (χ4n) is 5.43. The van der Waals surface area contributed by atoms with Crippen LogP contribution in [0.3, 0.4) is 0 Å². The van der Waals surface area contributed by atoms with Gasteiger partial charge in [-0.15, -0.1) is 0 Å². The van der Waals surface area contributed by atoms with Crippen LogP contribution in [0.1, 0.15) is 109 Å². The van der Waals surface area contributed by atoms with Crippen LogP contribution in [0.2, 0.25) is 0 Å². The van der Waals surface area contributed by atoms with E-state index in [1.807, 2.05) is 6.07 Å². The van der Waals surface area contributed by atoms with Gasteiger partial charge in [0.1, 0.15) is 17.1 Å². The summed E-state index contributed by atoms with van der Waals surface area (Å²) in [5.74, 6) is 1.84. The first kappa shape index (κ1) is 21.5. The highest BCUT2D eigenvalue weighted by Gasteiger charge is 2.46. The summed E-state index contributed by atoms with van der Waals surface area (Å²) in [6, 6.07) is 4.17. The fraction of sp³-hybridized carbons (Fsp3) is 0.760. The maximum atomic E-state index is 11.0. The molecule has 0 spiro atoms. The number of aromatic hydroxyl groups is 1. The van der Waals surface area contributed by atoms with Crippen LogP contribution >= 0.6 is 0 Å². The van der Waals surface area contributed by atoms with E-state index < -0.39 is 0 Å². The number of phenolic OH excluding ortho intramolecular Hbond substituents is 1. The van der Waals surface area contributed by atoms with E-state index in [4.69, 9.17) is 4.74 Å².